The fraction of sp³-hybridized carbons (Fsp3) is 0.111. The number of carbonyl (C=O) groups is 1. The van der Waals surface area contributed by atoms with Gasteiger partial charge in [-0.3, -0.25) is 14.0 Å². The summed E-state index contributed by atoms with van der Waals surface area (Å²) in [5, 5.41) is 12.4. The highest BCUT2D eigenvalue weighted by Crippen LogP contribution is 2.26. The second-order valence-corrected chi connectivity index (χ2v) is 7.49. The fourth-order valence-electron chi connectivity index (χ4n) is 3.42. The maximum atomic E-state index is 13.3. The number of nitrogens with zero attached hydrogens (tertiary/aromatic N) is 3. The van der Waals surface area contributed by atoms with Gasteiger partial charge in [-0.05, 0) is 54.5 Å². The van der Waals surface area contributed by atoms with Crippen molar-refractivity contribution in [2.45, 2.75) is 13.3 Å². The van der Waals surface area contributed by atoms with E-state index in [0.717, 1.165) is 12.0 Å². The molecule has 174 valence electrons. The standard InChI is InChI=1S/C27H22N4O4/c1-3-18-11-13-20(14-12-18)35-26-21(27(33)31-15-7-6-10-24(31)30-26)16-19(17-28)25(32)29-22-8-4-5-9-23(22)34-2/h4-16H,3H2,1-2H3,(H,29,32)/b19-16-. The lowest BCUT2D eigenvalue weighted by molar-refractivity contribution is -0.112. The largest absolute Gasteiger partial charge is 0.495 e. The van der Waals surface area contributed by atoms with E-state index in [1.165, 1.54) is 17.6 Å². The molecule has 2 aromatic carbocycles. The number of anilines is 1. The maximum Gasteiger partial charge on any atom is 0.269 e. The Kier molecular flexibility index (Phi) is 6.88. The number of carbonyl (C=O) groups excluding carboxylic acids is 1. The van der Waals surface area contributed by atoms with Crippen LogP contribution in [0, 0.1) is 11.3 Å². The molecule has 8 heteroatoms. The number of para-hydroxylation sites is 2. The molecule has 8 nitrogen and oxygen atoms in total. The number of methoxy groups -OCH3 is 1. The van der Waals surface area contributed by atoms with Gasteiger partial charge in [0.25, 0.3) is 11.5 Å². The number of fused-ring (bicyclic) bond motifs is 1. The number of amides is 1. The molecule has 4 aromatic rings. The molecule has 0 spiro atoms. The summed E-state index contributed by atoms with van der Waals surface area (Å²) in [6.45, 7) is 2.05. The molecule has 1 N–H and O–H groups in total. The average Bonchev–Trinajstić information content (AvgIpc) is 2.89. The monoisotopic (exact) mass is 466 g/mol. The molecule has 35 heavy (non-hydrogen) atoms. The molecular formula is C27H22N4O4. The second-order valence-electron chi connectivity index (χ2n) is 7.49. The van der Waals surface area contributed by atoms with Crippen LogP contribution in [-0.4, -0.2) is 22.4 Å². The lowest BCUT2D eigenvalue weighted by Gasteiger charge is -2.11. The molecule has 0 saturated heterocycles. The second kappa shape index (κ2) is 10.4. The Hall–Kier alpha value is -4.90. The van der Waals surface area contributed by atoms with Crippen molar-refractivity contribution in [3.05, 3.63) is 100.0 Å². The van der Waals surface area contributed by atoms with E-state index in [2.05, 4.69) is 10.3 Å². The van der Waals surface area contributed by atoms with E-state index < -0.39 is 11.5 Å². The van der Waals surface area contributed by atoms with Gasteiger partial charge in [0, 0.05) is 6.20 Å². The van der Waals surface area contributed by atoms with Crippen LogP contribution in [0.15, 0.2) is 83.3 Å². The number of hydrogen-bond donors (Lipinski definition) is 1. The van der Waals surface area contributed by atoms with Crippen LogP contribution in [0.4, 0.5) is 5.69 Å². The molecule has 0 unspecified atom stereocenters. The van der Waals surface area contributed by atoms with Crippen LogP contribution in [0.5, 0.6) is 17.4 Å². The molecule has 0 fully saturated rings. The van der Waals surface area contributed by atoms with Crippen LogP contribution in [0.2, 0.25) is 0 Å². The van der Waals surface area contributed by atoms with E-state index in [1.807, 2.05) is 25.1 Å². The Morgan fingerprint density at radius 1 is 1.11 bits per heavy atom. The summed E-state index contributed by atoms with van der Waals surface area (Å²) in [4.78, 5) is 30.7. The first-order chi connectivity index (χ1) is 17.0. The number of aryl methyl sites for hydroxylation is 1. The third-order valence-electron chi connectivity index (χ3n) is 5.29. The average molecular weight is 466 g/mol. The predicted octanol–water partition coefficient (Wildman–Crippen LogP) is 4.60. The third-order valence-corrected chi connectivity index (χ3v) is 5.29. The van der Waals surface area contributed by atoms with Crippen LogP contribution < -0.4 is 20.3 Å². The molecule has 0 aliphatic carbocycles. The van der Waals surface area contributed by atoms with Gasteiger partial charge in [-0.15, -0.1) is 0 Å². The summed E-state index contributed by atoms with van der Waals surface area (Å²) in [6, 6.07) is 21.2. The minimum absolute atomic E-state index is 0.0108. The van der Waals surface area contributed by atoms with E-state index in [9.17, 15) is 14.9 Å². The molecule has 2 heterocycles. The van der Waals surface area contributed by atoms with Gasteiger partial charge in [0.05, 0.1) is 12.8 Å². The zero-order chi connectivity index (χ0) is 24.8. The SMILES string of the molecule is CCc1ccc(Oc2nc3ccccn3c(=O)c2/C=C(/C#N)C(=O)Nc2ccccc2OC)cc1. The van der Waals surface area contributed by atoms with E-state index >= 15 is 0 Å². The zero-order valence-electron chi connectivity index (χ0n) is 19.2. The van der Waals surface area contributed by atoms with E-state index in [-0.39, 0.29) is 17.0 Å². The molecule has 1 amide bonds. The molecule has 0 atom stereocenters. The summed E-state index contributed by atoms with van der Waals surface area (Å²) in [5.41, 5.74) is 1.09. The normalized spacial score (nSPS) is 11.1. The van der Waals surface area contributed by atoms with Crippen molar-refractivity contribution in [2.75, 3.05) is 12.4 Å². The van der Waals surface area contributed by atoms with Gasteiger partial charge in [0.2, 0.25) is 5.88 Å². The van der Waals surface area contributed by atoms with Gasteiger partial charge < -0.3 is 14.8 Å². The first-order valence-corrected chi connectivity index (χ1v) is 10.9. The van der Waals surface area contributed by atoms with Gasteiger partial charge in [0.15, 0.2) is 0 Å². The number of hydrogen-bond acceptors (Lipinski definition) is 6. The Morgan fingerprint density at radius 2 is 1.86 bits per heavy atom. The molecule has 0 bridgehead atoms. The Balaban J connectivity index is 1.78. The van der Waals surface area contributed by atoms with Gasteiger partial charge in [0.1, 0.15) is 34.4 Å². The van der Waals surface area contributed by atoms with Crippen molar-refractivity contribution in [1.29, 1.82) is 5.26 Å². The van der Waals surface area contributed by atoms with Crippen LogP contribution in [0.25, 0.3) is 11.7 Å². The smallest absolute Gasteiger partial charge is 0.269 e. The number of nitrogens with one attached hydrogen (secondary N) is 1. The van der Waals surface area contributed by atoms with Gasteiger partial charge >= 0.3 is 0 Å². The molecule has 4 rings (SSSR count). The first kappa shape index (κ1) is 23.3. The minimum atomic E-state index is -0.701. The number of nitriles is 1. The van der Waals surface area contributed by atoms with Gasteiger partial charge in [-0.1, -0.05) is 37.3 Å². The van der Waals surface area contributed by atoms with Crippen molar-refractivity contribution in [3.8, 4) is 23.4 Å². The summed E-state index contributed by atoms with van der Waals surface area (Å²) in [6.07, 6.45) is 3.62. The highest BCUT2D eigenvalue weighted by atomic mass is 16.5. The molecule has 2 aromatic heterocycles. The van der Waals surface area contributed by atoms with Crippen LogP contribution in [0.3, 0.4) is 0 Å². The van der Waals surface area contributed by atoms with E-state index in [1.54, 1.807) is 60.8 Å². The summed E-state index contributed by atoms with van der Waals surface area (Å²) in [5.74, 6) is 0.197. The van der Waals surface area contributed by atoms with Crippen molar-refractivity contribution < 1.29 is 14.3 Å². The van der Waals surface area contributed by atoms with Crippen molar-refractivity contribution >= 4 is 23.3 Å². The Bertz CT molecular complexity index is 1520. The predicted molar refractivity (Wildman–Crippen MR) is 133 cm³/mol. The van der Waals surface area contributed by atoms with E-state index in [4.69, 9.17) is 9.47 Å². The van der Waals surface area contributed by atoms with Crippen LogP contribution >= 0.6 is 0 Å². The Morgan fingerprint density at radius 3 is 2.57 bits per heavy atom. The molecule has 0 saturated carbocycles. The number of rotatable bonds is 7. The molecule has 0 aliphatic rings. The number of ether oxygens (including phenoxy) is 2. The topological polar surface area (TPSA) is 106 Å². The lowest BCUT2D eigenvalue weighted by atomic mass is 10.1. The highest BCUT2D eigenvalue weighted by molar-refractivity contribution is 6.10. The van der Waals surface area contributed by atoms with Crippen LogP contribution in [-0.2, 0) is 11.2 Å². The van der Waals surface area contributed by atoms with Crippen molar-refractivity contribution in [3.63, 3.8) is 0 Å². The van der Waals surface area contributed by atoms with Gasteiger partial charge in [-0.25, -0.2) is 0 Å². The lowest BCUT2D eigenvalue weighted by Crippen LogP contribution is -2.20. The molecule has 0 aliphatic heterocycles. The molecule has 0 radical (unpaired) electrons. The number of pyridine rings is 1. The zero-order valence-corrected chi connectivity index (χ0v) is 19.2. The summed E-state index contributed by atoms with van der Waals surface area (Å²) < 4.78 is 12.5. The van der Waals surface area contributed by atoms with Gasteiger partial charge in [-0.2, -0.15) is 10.2 Å². The number of benzene rings is 2. The van der Waals surface area contributed by atoms with Crippen LogP contribution in [0.1, 0.15) is 18.1 Å². The van der Waals surface area contributed by atoms with E-state index in [0.29, 0.717) is 22.8 Å². The first-order valence-electron chi connectivity index (χ1n) is 10.9. The quantitative estimate of drug-likeness (QED) is 0.315. The van der Waals surface area contributed by atoms with Crippen molar-refractivity contribution in [2.24, 2.45) is 0 Å². The Labute approximate surface area is 201 Å². The number of aromatic nitrogens is 2. The third kappa shape index (κ3) is 5.04. The highest BCUT2D eigenvalue weighted by Gasteiger charge is 2.18. The molecular weight excluding hydrogens is 444 g/mol. The summed E-state index contributed by atoms with van der Waals surface area (Å²) >= 11 is 0. The fourth-order valence-corrected chi connectivity index (χ4v) is 3.42. The summed E-state index contributed by atoms with van der Waals surface area (Å²) in [7, 11) is 1.48. The van der Waals surface area contributed by atoms with Crippen molar-refractivity contribution in [1.82, 2.24) is 9.38 Å². The minimum Gasteiger partial charge on any atom is -0.495 e. The maximum absolute atomic E-state index is 13.3.